The van der Waals surface area contributed by atoms with E-state index in [2.05, 4.69) is 5.32 Å². The van der Waals surface area contributed by atoms with Crippen LogP contribution in [0.3, 0.4) is 0 Å². The van der Waals surface area contributed by atoms with Crippen LogP contribution in [0.1, 0.15) is 39.0 Å². The van der Waals surface area contributed by atoms with Gasteiger partial charge in [-0.25, -0.2) is 0 Å². The van der Waals surface area contributed by atoms with E-state index in [4.69, 9.17) is 0 Å². The van der Waals surface area contributed by atoms with E-state index in [9.17, 15) is 9.59 Å². The lowest BCUT2D eigenvalue weighted by atomic mass is 10.0. The molecule has 4 nitrogen and oxygen atoms in total. The van der Waals surface area contributed by atoms with Gasteiger partial charge in [-0.15, -0.1) is 0 Å². The molecule has 1 N–H and O–H groups in total. The van der Waals surface area contributed by atoms with Gasteiger partial charge in [0.15, 0.2) is 5.78 Å². The minimum Gasteiger partial charge on any atom is -0.317 e. The molecule has 0 radical (unpaired) electrons. The van der Waals surface area contributed by atoms with E-state index in [-0.39, 0.29) is 23.9 Å². The van der Waals surface area contributed by atoms with Gasteiger partial charge in [0.1, 0.15) is 0 Å². The Bertz CT molecular complexity index is 278. The Morgan fingerprint density at radius 2 is 2.20 bits per heavy atom. The van der Waals surface area contributed by atoms with E-state index in [0.717, 1.165) is 32.2 Å². The largest absolute Gasteiger partial charge is 0.317 e. The smallest absolute Gasteiger partial charge is 0.224 e. The molecule has 0 aromatic rings. The molecule has 1 amide bonds. The number of ketones is 1. The number of hydrogen-bond acceptors (Lipinski definition) is 3. The first-order chi connectivity index (χ1) is 7.20. The summed E-state index contributed by atoms with van der Waals surface area (Å²) in [6.07, 6.45) is 4.47. The second-order valence-electron chi connectivity index (χ2n) is 4.43. The number of fused-ring (bicyclic) bond motifs is 1. The lowest BCUT2D eigenvalue weighted by molar-refractivity contribution is -0.144. The highest BCUT2D eigenvalue weighted by molar-refractivity contribution is 5.88. The number of carbonyl (C=O) groups is 2. The predicted octanol–water partition coefficient (Wildman–Crippen LogP) is 0.666. The van der Waals surface area contributed by atoms with Crippen LogP contribution in [0, 0.1) is 0 Å². The van der Waals surface area contributed by atoms with Crippen molar-refractivity contribution >= 4 is 11.7 Å². The maximum Gasteiger partial charge on any atom is 0.224 e. The van der Waals surface area contributed by atoms with Crippen LogP contribution in [0.2, 0.25) is 0 Å². The van der Waals surface area contributed by atoms with E-state index in [0.29, 0.717) is 6.42 Å². The molecule has 0 saturated carbocycles. The fraction of sp³-hybridized carbons (Fsp3) is 0.818. The van der Waals surface area contributed by atoms with E-state index in [1.165, 1.54) is 0 Å². The molecule has 2 aliphatic rings. The molecule has 0 spiro atoms. The second kappa shape index (κ2) is 4.31. The minimum absolute atomic E-state index is 0.0997. The molecule has 4 heteroatoms. The molecule has 2 heterocycles. The van der Waals surface area contributed by atoms with E-state index in [1.54, 1.807) is 11.8 Å². The number of nitrogens with zero attached hydrogens (tertiary/aromatic N) is 1. The monoisotopic (exact) mass is 210 g/mol. The number of amides is 1. The number of rotatable bonds is 1. The maximum atomic E-state index is 11.9. The molecule has 0 bridgehead atoms. The molecular formula is C11H18N2O2. The van der Waals surface area contributed by atoms with Crippen LogP contribution in [-0.4, -0.2) is 35.3 Å². The number of carbonyl (C=O) groups excluding carboxylic acids is 2. The summed E-state index contributed by atoms with van der Waals surface area (Å²) >= 11 is 0. The van der Waals surface area contributed by atoms with Crippen molar-refractivity contribution in [3.63, 3.8) is 0 Å². The first kappa shape index (κ1) is 10.6. The summed E-state index contributed by atoms with van der Waals surface area (Å²) in [6, 6.07) is -0.179. The van der Waals surface area contributed by atoms with E-state index in [1.807, 2.05) is 0 Å². The van der Waals surface area contributed by atoms with Crippen LogP contribution in [0.15, 0.2) is 0 Å². The number of hydrogen-bond donors (Lipinski definition) is 1. The van der Waals surface area contributed by atoms with Crippen molar-refractivity contribution in [2.45, 2.75) is 51.2 Å². The van der Waals surface area contributed by atoms with Gasteiger partial charge in [0, 0.05) is 6.42 Å². The molecule has 84 valence electrons. The van der Waals surface area contributed by atoms with Crippen LogP contribution >= 0.6 is 0 Å². The normalized spacial score (nSPS) is 32.1. The van der Waals surface area contributed by atoms with Gasteiger partial charge >= 0.3 is 0 Å². The third-order valence-electron chi connectivity index (χ3n) is 3.34. The summed E-state index contributed by atoms with van der Waals surface area (Å²) in [5.41, 5.74) is 0. The highest BCUT2D eigenvalue weighted by atomic mass is 16.2. The molecule has 15 heavy (non-hydrogen) atoms. The van der Waals surface area contributed by atoms with Crippen molar-refractivity contribution in [2.24, 2.45) is 0 Å². The first-order valence-electron chi connectivity index (χ1n) is 5.75. The topological polar surface area (TPSA) is 49.4 Å². The highest BCUT2D eigenvalue weighted by Gasteiger charge is 2.36. The fourth-order valence-corrected chi connectivity index (χ4v) is 2.57. The zero-order valence-electron chi connectivity index (χ0n) is 9.16. The Labute approximate surface area is 90.0 Å². The first-order valence-corrected chi connectivity index (χ1v) is 5.75. The summed E-state index contributed by atoms with van der Waals surface area (Å²) < 4.78 is 0. The summed E-state index contributed by atoms with van der Waals surface area (Å²) in [4.78, 5) is 25.2. The van der Waals surface area contributed by atoms with Crippen molar-refractivity contribution in [1.82, 2.24) is 10.2 Å². The lowest BCUT2D eigenvalue weighted by Crippen LogP contribution is -2.59. The summed E-state index contributed by atoms with van der Waals surface area (Å²) in [5.74, 6) is 0.265. The van der Waals surface area contributed by atoms with Gasteiger partial charge in [-0.3, -0.25) is 14.9 Å². The van der Waals surface area contributed by atoms with Gasteiger partial charge in [-0.05, 0) is 39.2 Å². The minimum atomic E-state index is -0.179. The lowest BCUT2D eigenvalue weighted by Gasteiger charge is -2.40. The van der Waals surface area contributed by atoms with Crippen LogP contribution < -0.4 is 5.32 Å². The van der Waals surface area contributed by atoms with Crippen LogP contribution in [0.4, 0.5) is 0 Å². The van der Waals surface area contributed by atoms with Crippen LogP contribution in [-0.2, 0) is 9.59 Å². The fourth-order valence-electron chi connectivity index (χ4n) is 2.57. The summed E-state index contributed by atoms with van der Waals surface area (Å²) in [7, 11) is 0. The Balaban J connectivity index is 2.20. The summed E-state index contributed by atoms with van der Waals surface area (Å²) in [6.45, 7) is 2.43. The zero-order valence-corrected chi connectivity index (χ0v) is 9.16. The van der Waals surface area contributed by atoms with Crippen molar-refractivity contribution in [1.29, 1.82) is 0 Å². The zero-order chi connectivity index (χ0) is 10.8. The molecule has 2 atom stereocenters. The Hall–Kier alpha value is -0.900. The molecular weight excluding hydrogens is 192 g/mol. The van der Waals surface area contributed by atoms with Crippen molar-refractivity contribution in [3.8, 4) is 0 Å². The van der Waals surface area contributed by atoms with Gasteiger partial charge < -0.3 is 4.90 Å². The Morgan fingerprint density at radius 1 is 1.40 bits per heavy atom. The molecule has 2 rings (SSSR count). The molecule has 2 unspecified atom stereocenters. The molecule has 2 saturated heterocycles. The maximum absolute atomic E-state index is 11.9. The van der Waals surface area contributed by atoms with Crippen molar-refractivity contribution in [3.05, 3.63) is 0 Å². The molecule has 2 fully saturated rings. The number of Topliss-reactive ketones (excluding diaryl/α,β-unsaturated/α-hetero) is 1. The quantitative estimate of drug-likeness (QED) is 0.692. The molecule has 0 aromatic carbocycles. The average Bonchev–Trinajstić information content (AvgIpc) is 2.40. The average molecular weight is 210 g/mol. The SMILES string of the molecule is CC(=O)C1CCNC2CCCCC(=O)N21. The van der Waals surface area contributed by atoms with Crippen LogP contribution in [0.25, 0.3) is 0 Å². The van der Waals surface area contributed by atoms with E-state index >= 15 is 0 Å². The third kappa shape index (κ3) is 2.04. The third-order valence-corrected chi connectivity index (χ3v) is 3.34. The molecule has 0 aliphatic carbocycles. The van der Waals surface area contributed by atoms with Gasteiger partial charge in [0.2, 0.25) is 5.91 Å². The van der Waals surface area contributed by atoms with E-state index < -0.39 is 0 Å². The summed E-state index contributed by atoms with van der Waals surface area (Å²) in [5, 5.41) is 3.33. The van der Waals surface area contributed by atoms with Crippen molar-refractivity contribution < 1.29 is 9.59 Å². The van der Waals surface area contributed by atoms with Crippen LogP contribution in [0.5, 0.6) is 0 Å². The number of nitrogens with one attached hydrogen (secondary N) is 1. The molecule has 2 aliphatic heterocycles. The van der Waals surface area contributed by atoms with Gasteiger partial charge in [-0.1, -0.05) is 0 Å². The standard InChI is InChI=1S/C11H18N2O2/c1-8(14)9-6-7-12-10-4-2-3-5-11(15)13(9)10/h9-10,12H,2-7H2,1H3. The highest BCUT2D eigenvalue weighted by Crippen LogP contribution is 2.23. The van der Waals surface area contributed by atoms with Gasteiger partial charge in [0.05, 0.1) is 12.2 Å². The molecule has 0 aromatic heterocycles. The Kier molecular flexibility index (Phi) is 3.05. The Morgan fingerprint density at radius 3 is 2.93 bits per heavy atom. The van der Waals surface area contributed by atoms with Gasteiger partial charge in [-0.2, -0.15) is 0 Å². The van der Waals surface area contributed by atoms with Gasteiger partial charge in [0.25, 0.3) is 0 Å². The predicted molar refractivity (Wildman–Crippen MR) is 56.2 cm³/mol. The van der Waals surface area contributed by atoms with Crippen molar-refractivity contribution in [2.75, 3.05) is 6.54 Å². The second-order valence-corrected chi connectivity index (χ2v) is 4.43.